The number of halogens is 1. The average Bonchev–Trinajstić information content (AvgIpc) is 3.03. The van der Waals surface area contributed by atoms with Crippen LogP contribution in [0.5, 0.6) is 0 Å². The highest BCUT2D eigenvalue weighted by Crippen LogP contribution is 2.16. The molecule has 0 atom stereocenters. The summed E-state index contributed by atoms with van der Waals surface area (Å²) in [4.78, 5) is 9.50. The zero-order valence-corrected chi connectivity index (χ0v) is 18.5. The van der Waals surface area contributed by atoms with Crippen LogP contribution < -0.4 is 5.32 Å². The van der Waals surface area contributed by atoms with Crippen LogP contribution in [0.1, 0.15) is 23.7 Å². The Morgan fingerprint density at radius 1 is 1.24 bits per heavy atom. The molecular weight excluding hydrogens is 386 g/mol. The molecule has 158 valence electrons. The van der Waals surface area contributed by atoms with E-state index in [0.29, 0.717) is 6.54 Å². The molecule has 0 unspecified atom stereocenters. The van der Waals surface area contributed by atoms with E-state index in [0.717, 1.165) is 62.6 Å². The molecule has 1 N–H and O–H groups in total. The maximum absolute atomic E-state index is 6.13. The second-order valence-electron chi connectivity index (χ2n) is 7.44. The van der Waals surface area contributed by atoms with Gasteiger partial charge in [-0.1, -0.05) is 35.9 Å². The highest BCUT2D eigenvalue weighted by atomic mass is 35.5. The number of nitrogens with zero attached hydrogens (tertiary/aromatic N) is 4. The Morgan fingerprint density at radius 2 is 1.97 bits per heavy atom. The van der Waals surface area contributed by atoms with Gasteiger partial charge in [0.25, 0.3) is 0 Å². The maximum Gasteiger partial charge on any atom is 0.194 e. The van der Waals surface area contributed by atoms with Crippen molar-refractivity contribution in [1.29, 1.82) is 0 Å². The molecule has 0 bridgehead atoms. The smallest absolute Gasteiger partial charge is 0.194 e. The number of rotatable bonds is 7. The van der Waals surface area contributed by atoms with Crippen molar-refractivity contribution in [2.24, 2.45) is 12.0 Å². The minimum atomic E-state index is 0.654. The minimum Gasteiger partial charge on any atom is -0.379 e. The van der Waals surface area contributed by atoms with Crippen LogP contribution >= 0.6 is 11.6 Å². The molecule has 1 aromatic heterocycles. The molecule has 1 aliphatic rings. The third kappa shape index (κ3) is 6.23. The summed E-state index contributed by atoms with van der Waals surface area (Å²) >= 11 is 6.13. The van der Waals surface area contributed by atoms with E-state index in [4.69, 9.17) is 21.3 Å². The molecule has 0 amide bonds. The van der Waals surface area contributed by atoms with E-state index >= 15 is 0 Å². The fraction of sp³-hybridized carbons (Fsp3) is 0.500. The first-order valence-electron chi connectivity index (χ1n) is 10.2. The number of nitrogens with one attached hydrogen (secondary N) is 1. The number of ether oxygens (including phenoxy) is 1. The predicted molar refractivity (Wildman–Crippen MR) is 119 cm³/mol. The molecule has 1 aliphatic heterocycles. The standard InChI is InChI=1S/C22H32ClN5O/c1-4-24-22(27(3)17-21-13-20(23)16-26(21)2)25-14-18-7-5-6-8-19(18)15-28-9-11-29-12-10-28/h5-8,13,16H,4,9-12,14-15,17H2,1-3H3,(H,24,25). The highest BCUT2D eigenvalue weighted by molar-refractivity contribution is 6.30. The van der Waals surface area contributed by atoms with Crippen molar-refractivity contribution in [2.75, 3.05) is 39.9 Å². The molecule has 0 spiro atoms. The number of aliphatic imine (C=N–C) groups is 1. The van der Waals surface area contributed by atoms with Gasteiger partial charge in [-0.15, -0.1) is 0 Å². The van der Waals surface area contributed by atoms with Gasteiger partial charge in [0.05, 0.1) is 31.3 Å². The van der Waals surface area contributed by atoms with Gasteiger partial charge >= 0.3 is 0 Å². The number of aryl methyl sites for hydroxylation is 1. The first-order valence-corrected chi connectivity index (χ1v) is 10.6. The highest BCUT2D eigenvalue weighted by Gasteiger charge is 2.13. The van der Waals surface area contributed by atoms with Crippen molar-refractivity contribution in [3.05, 3.63) is 58.4 Å². The van der Waals surface area contributed by atoms with Gasteiger partial charge in [-0.3, -0.25) is 4.90 Å². The van der Waals surface area contributed by atoms with Gasteiger partial charge in [0.1, 0.15) is 0 Å². The van der Waals surface area contributed by atoms with E-state index in [2.05, 4.69) is 57.9 Å². The van der Waals surface area contributed by atoms with E-state index in [9.17, 15) is 0 Å². The lowest BCUT2D eigenvalue weighted by Gasteiger charge is -2.27. The second-order valence-corrected chi connectivity index (χ2v) is 7.88. The lowest BCUT2D eigenvalue weighted by Crippen LogP contribution is -2.38. The number of aromatic nitrogens is 1. The zero-order valence-electron chi connectivity index (χ0n) is 17.7. The van der Waals surface area contributed by atoms with Crippen LogP contribution in [-0.2, 0) is 31.4 Å². The first kappa shape index (κ1) is 21.7. The third-order valence-corrected chi connectivity index (χ3v) is 5.39. The van der Waals surface area contributed by atoms with Gasteiger partial charge in [-0.05, 0) is 24.1 Å². The number of benzene rings is 1. The maximum atomic E-state index is 6.13. The molecule has 1 aromatic carbocycles. The quantitative estimate of drug-likeness (QED) is 0.555. The summed E-state index contributed by atoms with van der Waals surface area (Å²) in [5, 5.41) is 4.17. The first-order chi connectivity index (χ1) is 14.1. The Bertz CT molecular complexity index is 813. The minimum absolute atomic E-state index is 0.654. The Labute approximate surface area is 179 Å². The molecule has 1 fully saturated rings. The Balaban J connectivity index is 1.70. The lowest BCUT2D eigenvalue weighted by atomic mass is 10.1. The lowest BCUT2D eigenvalue weighted by molar-refractivity contribution is 0.0341. The molecule has 0 saturated carbocycles. The van der Waals surface area contributed by atoms with Gasteiger partial charge < -0.3 is 19.5 Å². The summed E-state index contributed by atoms with van der Waals surface area (Å²) in [6, 6.07) is 10.6. The molecule has 2 heterocycles. The SMILES string of the molecule is CCNC(=NCc1ccccc1CN1CCOCC1)N(C)Cc1cc(Cl)cn1C. The molecule has 2 aromatic rings. The molecular formula is C22H32ClN5O. The summed E-state index contributed by atoms with van der Waals surface area (Å²) in [6.07, 6.45) is 1.93. The van der Waals surface area contributed by atoms with E-state index in [-0.39, 0.29) is 0 Å². The van der Waals surface area contributed by atoms with E-state index in [1.165, 1.54) is 11.1 Å². The zero-order chi connectivity index (χ0) is 20.6. The monoisotopic (exact) mass is 417 g/mol. The number of hydrogen-bond acceptors (Lipinski definition) is 3. The molecule has 0 radical (unpaired) electrons. The van der Waals surface area contributed by atoms with Crippen LogP contribution in [0.3, 0.4) is 0 Å². The fourth-order valence-electron chi connectivity index (χ4n) is 3.54. The predicted octanol–water partition coefficient (Wildman–Crippen LogP) is 3.11. The molecule has 7 heteroatoms. The molecule has 29 heavy (non-hydrogen) atoms. The van der Waals surface area contributed by atoms with Crippen molar-refractivity contribution < 1.29 is 4.74 Å². The van der Waals surface area contributed by atoms with Crippen LogP contribution in [0.15, 0.2) is 41.5 Å². The molecule has 3 rings (SSSR count). The summed E-state index contributed by atoms with van der Waals surface area (Å²) in [5.74, 6) is 0.894. The van der Waals surface area contributed by atoms with E-state index in [1.807, 2.05) is 19.3 Å². The van der Waals surface area contributed by atoms with Crippen LogP contribution in [-0.4, -0.2) is 60.2 Å². The number of morpholine rings is 1. The molecule has 1 saturated heterocycles. The Hall–Kier alpha value is -2.02. The topological polar surface area (TPSA) is 45.0 Å². The van der Waals surface area contributed by atoms with Crippen molar-refractivity contribution in [2.45, 2.75) is 26.6 Å². The van der Waals surface area contributed by atoms with Crippen molar-refractivity contribution in [3.8, 4) is 0 Å². The van der Waals surface area contributed by atoms with Gasteiger partial charge in [-0.25, -0.2) is 4.99 Å². The van der Waals surface area contributed by atoms with Crippen molar-refractivity contribution >= 4 is 17.6 Å². The van der Waals surface area contributed by atoms with Crippen LogP contribution in [0.4, 0.5) is 0 Å². The van der Waals surface area contributed by atoms with Gasteiger partial charge in [0, 0.05) is 52.2 Å². The molecule has 0 aliphatic carbocycles. The summed E-state index contributed by atoms with van der Waals surface area (Å²) in [7, 11) is 4.07. The number of hydrogen-bond donors (Lipinski definition) is 1. The van der Waals surface area contributed by atoms with E-state index in [1.54, 1.807) is 0 Å². The molecule has 6 nitrogen and oxygen atoms in total. The fourth-order valence-corrected chi connectivity index (χ4v) is 3.81. The largest absolute Gasteiger partial charge is 0.379 e. The van der Waals surface area contributed by atoms with Crippen LogP contribution in [0.2, 0.25) is 5.02 Å². The number of guanidine groups is 1. The summed E-state index contributed by atoms with van der Waals surface area (Å²) < 4.78 is 7.53. The Kier molecular flexibility index (Phi) is 7.98. The van der Waals surface area contributed by atoms with Crippen LogP contribution in [0.25, 0.3) is 0 Å². The van der Waals surface area contributed by atoms with Crippen molar-refractivity contribution in [3.63, 3.8) is 0 Å². The van der Waals surface area contributed by atoms with Gasteiger partial charge in [0.2, 0.25) is 0 Å². The second kappa shape index (κ2) is 10.7. The Morgan fingerprint density at radius 3 is 2.62 bits per heavy atom. The normalized spacial score (nSPS) is 15.5. The third-order valence-electron chi connectivity index (χ3n) is 5.19. The van der Waals surface area contributed by atoms with Crippen molar-refractivity contribution in [1.82, 2.24) is 19.7 Å². The van der Waals surface area contributed by atoms with Gasteiger partial charge in [0.15, 0.2) is 5.96 Å². The van der Waals surface area contributed by atoms with E-state index < -0.39 is 0 Å². The van der Waals surface area contributed by atoms with Gasteiger partial charge in [-0.2, -0.15) is 0 Å². The summed E-state index contributed by atoms with van der Waals surface area (Å²) in [5.41, 5.74) is 3.76. The van der Waals surface area contributed by atoms with Crippen LogP contribution in [0, 0.1) is 0 Å². The average molecular weight is 418 g/mol. The summed E-state index contributed by atoms with van der Waals surface area (Å²) in [6.45, 7) is 8.87.